The third-order valence-electron chi connectivity index (χ3n) is 5.30. The van der Waals surface area contributed by atoms with Crippen LogP contribution in [0.5, 0.6) is 0 Å². The van der Waals surface area contributed by atoms with Gasteiger partial charge in [-0.1, -0.05) is 58.8 Å². The van der Waals surface area contributed by atoms with Gasteiger partial charge in [-0.05, 0) is 31.6 Å². The molecule has 0 aromatic rings. The topological polar surface area (TPSA) is 32.3 Å². The zero-order valence-corrected chi connectivity index (χ0v) is 14.1. The molecule has 1 aliphatic carbocycles. The van der Waals surface area contributed by atoms with Gasteiger partial charge in [-0.2, -0.15) is 0 Å². The summed E-state index contributed by atoms with van der Waals surface area (Å²) >= 11 is 0. The number of rotatable bonds is 9. The van der Waals surface area contributed by atoms with Gasteiger partial charge in [0.2, 0.25) is 5.91 Å². The van der Waals surface area contributed by atoms with Gasteiger partial charge in [-0.15, -0.1) is 0 Å². The summed E-state index contributed by atoms with van der Waals surface area (Å²) in [5.41, 5.74) is 0. The van der Waals surface area contributed by atoms with Crippen molar-refractivity contribution in [1.82, 2.24) is 10.2 Å². The van der Waals surface area contributed by atoms with Gasteiger partial charge in [-0.3, -0.25) is 10.1 Å². The van der Waals surface area contributed by atoms with Gasteiger partial charge in [0.25, 0.3) is 0 Å². The number of carbonyl (C=O) groups excluding carboxylic acids is 1. The largest absolute Gasteiger partial charge is 0.326 e. The minimum Gasteiger partial charge on any atom is -0.326 e. The lowest BCUT2D eigenvalue weighted by Gasteiger charge is -2.29. The van der Waals surface area contributed by atoms with Crippen LogP contribution in [0.15, 0.2) is 0 Å². The predicted molar refractivity (Wildman–Crippen MR) is 88.0 cm³/mol. The summed E-state index contributed by atoms with van der Waals surface area (Å²) in [6.07, 6.45) is 14.3. The fourth-order valence-electron chi connectivity index (χ4n) is 3.97. The Bertz CT molecular complexity index is 312. The zero-order chi connectivity index (χ0) is 15.1. The van der Waals surface area contributed by atoms with Crippen molar-refractivity contribution in [2.45, 2.75) is 96.7 Å². The molecule has 0 spiro atoms. The van der Waals surface area contributed by atoms with E-state index in [0.717, 1.165) is 13.0 Å². The van der Waals surface area contributed by atoms with Crippen LogP contribution in [0.25, 0.3) is 0 Å². The lowest BCUT2D eigenvalue weighted by molar-refractivity contribution is -0.130. The van der Waals surface area contributed by atoms with Crippen molar-refractivity contribution in [3.8, 4) is 0 Å². The highest BCUT2D eigenvalue weighted by atomic mass is 16.2. The summed E-state index contributed by atoms with van der Waals surface area (Å²) in [6.45, 7) is 5.34. The first-order chi connectivity index (χ1) is 10.3. The van der Waals surface area contributed by atoms with Crippen molar-refractivity contribution < 1.29 is 4.79 Å². The molecule has 0 aromatic carbocycles. The molecular weight excluding hydrogens is 260 g/mol. The molecule has 1 N–H and O–H groups in total. The number of nitrogens with zero attached hydrogens (tertiary/aromatic N) is 1. The summed E-state index contributed by atoms with van der Waals surface area (Å²) in [7, 11) is 0. The van der Waals surface area contributed by atoms with E-state index in [2.05, 4.69) is 24.1 Å². The van der Waals surface area contributed by atoms with Crippen molar-refractivity contribution >= 4 is 5.91 Å². The molecule has 0 bridgehead atoms. The third-order valence-corrected chi connectivity index (χ3v) is 5.30. The Kier molecular flexibility index (Phi) is 7.01. The predicted octanol–water partition coefficient (Wildman–Crippen LogP) is 4.07. The van der Waals surface area contributed by atoms with Gasteiger partial charge in [0.15, 0.2) is 0 Å². The molecule has 2 rings (SSSR count). The first kappa shape index (κ1) is 16.8. The molecule has 1 aliphatic heterocycles. The van der Waals surface area contributed by atoms with Crippen LogP contribution in [0.2, 0.25) is 0 Å². The highest BCUT2D eigenvalue weighted by molar-refractivity contribution is 5.84. The summed E-state index contributed by atoms with van der Waals surface area (Å²) in [5.74, 6) is 1.06. The highest BCUT2D eigenvalue weighted by Gasteiger charge is 2.41. The summed E-state index contributed by atoms with van der Waals surface area (Å²) in [6, 6.07) is 0.0793. The number of hydrogen-bond donors (Lipinski definition) is 1. The maximum Gasteiger partial charge on any atom is 0.241 e. The fraction of sp³-hybridized carbons (Fsp3) is 0.944. The minimum atomic E-state index is 0.0793. The summed E-state index contributed by atoms with van der Waals surface area (Å²) in [5, 5.41) is 3.62. The van der Waals surface area contributed by atoms with E-state index in [9.17, 15) is 4.79 Å². The molecule has 3 heteroatoms. The number of carbonyl (C=O) groups is 1. The van der Waals surface area contributed by atoms with Crippen LogP contribution in [0.1, 0.15) is 84.5 Å². The van der Waals surface area contributed by atoms with E-state index in [0.29, 0.717) is 18.0 Å². The van der Waals surface area contributed by atoms with Gasteiger partial charge in [0, 0.05) is 6.54 Å². The van der Waals surface area contributed by atoms with Crippen LogP contribution in [0.4, 0.5) is 0 Å². The van der Waals surface area contributed by atoms with Gasteiger partial charge in [0.05, 0.1) is 12.2 Å². The molecule has 1 saturated heterocycles. The van der Waals surface area contributed by atoms with Crippen LogP contribution >= 0.6 is 0 Å². The van der Waals surface area contributed by atoms with Crippen molar-refractivity contribution in [2.75, 3.05) is 6.54 Å². The average molecular weight is 294 g/mol. The average Bonchev–Trinajstić information content (AvgIpc) is 3.11. The maximum atomic E-state index is 12.5. The second-order valence-electron chi connectivity index (χ2n) is 6.92. The molecule has 21 heavy (non-hydrogen) atoms. The summed E-state index contributed by atoms with van der Waals surface area (Å²) in [4.78, 5) is 14.7. The van der Waals surface area contributed by atoms with Gasteiger partial charge >= 0.3 is 0 Å². The van der Waals surface area contributed by atoms with Crippen LogP contribution in [0.3, 0.4) is 0 Å². The summed E-state index contributed by atoms with van der Waals surface area (Å²) < 4.78 is 0. The van der Waals surface area contributed by atoms with Crippen LogP contribution in [0, 0.1) is 5.92 Å². The molecule has 0 aromatic heterocycles. The van der Waals surface area contributed by atoms with E-state index in [1.165, 1.54) is 64.2 Å². The lowest BCUT2D eigenvalue weighted by Crippen LogP contribution is -2.43. The smallest absolute Gasteiger partial charge is 0.241 e. The van der Waals surface area contributed by atoms with Gasteiger partial charge in [0.1, 0.15) is 0 Å². The Balaban J connectivity index is 1.80. The molecule has 2 fully saturated rings. The van der Waals surface area contributed by atoms with Crippen molar-refractivity contribution in [2.24, 2.45) is 5.92 Å². The number of unbranched alkanes of at least 4 members (excludes halogenated alkanes) is 5. The lowest BCUT2D eigenvalue weighted by atomic mass is 10.0. The molecule has 2 aliphatic rings. The molecule has 1 saturated carbocycles. The van der Waals surface area contributed by atoms with Crippen molar-refractivity contribution in [3.63, 3.8) is 0 Å². The molecular formula is C18H34N2O. The highest BCUT2D eigenvalue weighted by Crippen LogP contribution is 2.32. The molecule has 0 radical (unpaired) electrons. The standard InChI is InChI=1S/C18H34N2O/c1-3-5-6-7-8-11-14-20-17(15-12-9-10-13-15)19-16(4-2)18(20)21/h15-17,19H,3-14H2,1-2H3. The van der Waals surface area contributed by atoms with E-state index < -0.39 is 0 Å². The molecule has 122 valence electrons. The molecule has 1 heterocycles. The molecule has 2 unspecified atom stereocenters. The first-order valence-corrected chi connectivity index (χ1v) is 9.34. The Labute approximate surface area is 130 Å². The van der Waals surface area contributed by atoms with E-state index in [-0.39, 0.29) is 6.04 Å². The quantitative estimate of drug-likeness (QED) is 0.650. The second kappa shape index (κ2) is 8.77. The molecule has 2 atom stereocenters. The number of hydrogen-bond acceptors (Lipinski definition) is 2. The maximum absolute atomic E-state index is 12.5. The Hall–Kier alpha value is -0.570. The first-order valence-electron chi connectivity index (χ1n) is 9.34. The zero-order valence-electron chi connectivity index (χ0n) is 14.1. The normalized spacial score (nSPS) is 27.0. The molecule has 3 nitrogen and oxygen atoms in total. The third kappa shape index (κ3) is 4.45. The Morgan fingerprint density at radius 1 is 1.05 bits per heavy atom. The van der Waals surface area contributed by atoms with E-state index >= 15 is 0 Å². The van der Waals surface area contributed by atoms with Crippen LogP contribution in [-0.4, -0.2) is 29.6 Å². The second-order valence-corrected chi connectivity index (χ2v) is 6.92. The SMILES string of the molecule is CCCCCCCCN1C(=O)C(CC)NC1C1CCCC1. The van der Waals surface area contributed by atoms with Crippen molar-refractivity contribution in [3.05, 3.63) is 0 Å². The van der Waals surface area contributed by atoms with Crippen molar-refractivity contribution in [1.29, 1.82) is 0 Å². The fourth-order valence-corrected chi connectivity index (χ4v) is 3.97. The Morgan fingerprint density at radius 3 is 2.38 bits per heavy atom. The van der Waals surface area contributed by atoms with E-state index in [1.54, 1.807) is 0 Å². The van der Waals surface area contributed by atoms with Gasteiger partial charge in [-0.25, -0.2) is 0 Å². The van der Waals surface area contributed by atoms with Crippen LogP contribution in [-0.2, 0) is 4.79 Å². The van der Waals surface area contributed by atoms with Crippen LogP contribution < -0.4 is 5.32 Å². The van der Waals surface area contributed by atoms with Gasteiger partial charge < -0.3 is 4.90 Å². The molecule has 1 amide bonds. The number of nitrogens with one attached hydrogen (secondary N) is 1. The number of amides is 1. The van der Waals surface area contributed by atoms with E-state index in [4.69, 9.17) is 0 Å². The minimum absolute atomic E-state index is 0.0793. The monoisotopic (exact) mass is 294 g/mol. The Morgan fingerprint density at radius 2 is 1.71 bits per heavy atom. The van der Waals surface area contributed by atoms with E-state index in [1.807, 2.05) is 0 Å².